The second-order valence-electron chi connectivity index (χ2n) is 6.79. The Morgan fingerprint density at radius 2 is 2.07 bits per heavy atom. The van der Waals surface area contributed by atoms with Gasteiger partial charge in [-0.2, -0.15) is 0 Å². The maximum Gasteiger partial charge on any atom is 0.117 e. The molecule has 142 valence electrons. The largest absolute Gasteiger partial charge is 0.336 e. The van der Waals surface area contributed by atoms with Gasteiger partial charge in [-0.05, 0) is 65.1 Å². The van der Waals surface area contributed by atoms with Crippen LogP contribution in [0, 0.1) is 13.8 Å². The molecular weight excluding hydrogens is 361 g/mol. The molecule has 0 aliphatic heterocycles. The monoisotopic (exact) mass is 385 g/mol. The molecule has 1 aromatic carbocycles. The van der Waals surface area contributed by atoms with Gasteiger partial charge in [0.2, 0.25) is 0 Å². The molecule has 1 atom stereocenters. The Balaban J connectivity index is 2.29. The van der Waals surface area contributed by atoms with Crippen LogP contribution in [0.25, 0.3) is 22.2 Å². The Labute approximate surface area is 159 Å². The van der Waals surface area contributed by atoms with Gasteiger partial charge < -0.3 is 10.3 Å². The summed E-state index contributed by atoms with van der Waals surface area (Å²) in [7, 11) is -2.34. The highest BCUT2D eigenvalue weighted by Crippen LogP contribution is 2.35. The highest BCUT2D eigenvalue weighted by Gasteiger charge is 2.18. The zero-order chi connectivity index (χ0) is 19.8. The number of rotatable bonds is 5. The Bertz CT molecular complexity index is 1140. The second kappa shape index (κ2) is 7.29. The molecule has 3 aromatic rings. The zero-order valence-corrected chi connectivity index (χ0v) is 16.6. The molecule has 27 heavy (non-hydrogen) atoms. The minimum atomic E-state index is -2.34. The molecule has 3 rings (SSSR count). The van der Waals surface area contributed by atoms with E-state index in [2.05, 4.69) is 5.87 Å². The normalized spacial score (nSPS) is 14.5. The molecule has 1 unspecified atom stereocenters. The van der Waals surface area contributed by atoms with Crippen LogP contribution in [0.15, 0.2) is 53.2 Å². The van der Waals surface area contributed by atoms with E-state index in [-0.39, 0.29) is 18.9 Å². The third kappa shape index (κ3) is 3.82. The van der Waals surface area contributed by atoms with Gasteiger partial charge in [0.15, 0.2) is 0 Å². The first-order valence-corrected chi connectivity index (χ1v) is 10.8. The van der Waals surface area contributed by atoms with Crippen LogP contribution in [-0.4, -0.2) is 32.4 Å². The molecule has 4 nitrogen and oxygen atoms in total. The van der Waals surface area contributed by atoms with Gasteiger partial charge in [0.1, 0.15) is 5.83 Å². The van der Waals surface area contributed by atoms with Gasteiger partial charge in [-0.15, -0.1) is 0 Å². The van der Waals surface area contributed by atoms with Gasteiger partial charge in [-0.25, -0.2) is 4.39 Å². The van der Waals surface area contributed by atoms with E-state index in [9.17, 15) is 8.60 Å². The lowest BCUT2D eigenvalue weighted by molar-refractivity contribution is 0.555. The lowest BCUT2D eigenvalue weighted by Crippen LogP contribution is -2.03. The lowest BCUT2D eigenvalue weighted by Gasteiger charge is -2.09. The molecule has 0 aliphatic carbocycles. The van der Waals surface area contributed by atoms with Crippen molar-refractivity contribution >= 4 is 26.4 Å². The Morgan fingerprint density at radius 1 is 1.33 bits per heavy atom. The van der Waals surface area contributed by atoms with Crippen LogP contribution in [0.3, 0.4) is 0 Å². The van der Waals surface area contributed by atoms with Crippen LogP contribution >= 0.6 is 0 Å². The number of hydrogen-bond acceptors (Lipinski definition) is 3. The number of pyridine rings is 1. The van der Waals surface area contributed by atoms with Crippen LogP contribution in [-0.2, 0) is 16.1 Å². The molecule has 0 amide bonds. The van der Waals surface area contributed by atoms with Crippen LogP contribution in [0.5, 0.6) is 0 Å². The van der Waals surface area contributed by atoms with Gasteiger partial charge in [0, 0.05) is 34.6 Å². The third-order valence-electron chi connectivity index (χ3n) is 4.58. The summed E-state index contributed by atoms with van der Waals surface area (Å²) in [6, 6.07) is 11.4. The number of nitrogens with zero attached hydrogens (tertiary/aromatic N) is 2. The maximum atomic E-state index is 14.2. The van der Waals surface area contributed by atoms with Crippen LogP contribution in [0.4, 0.5) is 4.39 Å². The quantitative estimate of drug-likeness (QED) is 0.679. The smallest absolute Gasteiger partial charge is 0.117 e. The highest BCUT2D eigenvalue weighted by molar-refractivity contribution is 7.99. The van der Waals surface area contributed by atoms with Crippen LogP contribution in [0.1, 0.15) is 11.4 Å². The van der Waals surface area contributed by atoms with Gasteiger partial charge in [0.25, 0.3) is 0 Å². The van der Waals surface area contributed by atoms with Crippen molar-refractivity contribution in [1.82, 2.24) is 9.55 Å². The summed E-state index contributed by atoms with van der Waals surface area (Å²) in [6.45, 7) is 4.13. The van der Waals surface area contributed by atoms with E-state index >= 15 is 0 Å². The van der Waals surface area contributed by atoms with E-state index in [4.69, 9.17) is 10.7 Å². The summed E-state index contributed by atoms with van der Waals surface area (Å²) in [5, 5.41) is 0. The number of benzene rings is 1. The first kappa shape index (κ1) is 19.3. The molecular formula is C21H24FN3OS. The summed E-state index contributed by atoms with van der Waals surface area (Å²) in [6.07, 6.45) is 3.00. The number of aryl methyl sites for hydroxylation is 1. The summed E-state index contributed by atoms with van der Waals surface area (Å²) in [5.74, 6) is 3.49. The molecule has 0 aliphatic rings. The van der Waals surface area contributed by atoms with Crippen molar-refractivity contribution in [1.29, 1.82) is 0 Å². The minimum absolute atomic E-state index is 0.101. The average molecular weight is 386 g/mol. The van der Waals surface area contributed by atoms with Crippen molar-refractivity contribution in [3.05, 3.63) is 59.7 Å². The second-order valence-corrected chi connectivity index (χ2v) is 9.27. The summed E-state index contributed by atoms with van der Waals surface area (Å²) in [5.41, 5.74) is 10.7. The SMILES string of the molecule is C=S(C)(=O)c1cccc(-c2c(C)n(C/C(F)=C/CN)c3ccc(C)nc23)c1. The molecule has 2 heterocycles. The Hall–Kier alpha value is -2.44. The molecule has 0 fully saturated rings. The van der Waals surface area contributed by atoms with E-state index in [0.717, 1.165) is 33.5 Å². The molecule has 2 aromatic heterocycles. The van der Waals surface area contributed by atoms with E-state index in [1.165, 1.54) is 6.08 Å². The maximum absolute atomic E-state index is 14.2. The van der Waals surface area contributed by atoms with E-state index in [1.807, 2.05) is 54.8 Å². The minimum Gasteiger partial charge on any atom is -0.336 e. The number of hydrogen-bond donors (Lipinski definition) is 1. The van der Waals surface area contributed by atoms with Crippen molar-refractivity contribution in [3.8, 4) is 11.1 Å². The van der Waals surface area contributed by atoms with Crippen LogP contribution in [0.2, 0.25) is 0 Å². The molecule has 0 bridgehead atoms. The van der Waals surface area contributed by atoms with E-state index in [0.29, 0.717) is 4.90 Å². The summed E-state index contributed by atoms with van der Waals surface area (Å²) < 4.78 is 28.5. The molecule has 2 N–H and O–H groups in total. The zero-order valence-electron chi connectivity index (χ0n) is 15.8. The topological polar surface area (TPSA) is 60.9 Å². The van der Waals surface area contributed by atoms with Crippen molar-refractivity contribution in [2.24, 2.45) is 5.73 Å². The van der Waals surface area contributed by atoms with Gasteiger partial charge in [-0.1, -0.05) is 12.1 Å². The summed E-state index contributed by atoms with van der Waals surface area (Å²) in [4.78, 5) is 5.39. The fourth-order valence-corrected chi connectivity index (χ4v) is 3.99. The van der Waals surface area contributed by atoms with Crippen molar-refractivity contribution in [3.63, 3.8) is 0 Å². The Kier molecular flexibility index (Phi) is 5.22. The molecule has 0 radical (unpaired) electrons. The van der Waals surface area contributed by atoms with E-state index < -0.39 is 9.52 Å². The number of nitrogens with two attached hydrogens (primary N) is 1. The molecule has 0 saturated heterocycles. The van der Waals surface area contributed by atoms with Crippen molar-refractivity contribution in [2.75, 3.05) is 12.8 Å². The molecule has 6 heteroatoms. The fourth-order valence-electron chi connectivity index (χ4n) is 3.25. The van der Waals surface area contributed by atoms with Crippen LogP contribution < -0.4 is 5.73 Å². The molecule has 0 saturated carbocycles. The average Bonchev–Trinajstić information content (AvgIpc) is 2.86. The number of fused-ring (bicyclic) bond motifs is 1. The highest BCUT2D eigenvalue weighted by atomic mass is 32.2. The number of halogens is 1. The van der Waals surface area contributed by atoms with E-state index in [1.54, 1.807) is 6.26 Å². The first-order chi connectivity index (χ1) is 12.7. The molecule has 0 spiro atoms. The predicted molar refractivity (Wildman–Crippen MR) is 112 cm³/mol. The van der Waals surface area contributed by atoms with Gasteiger partial charge in [-0.3, -0.25) is 9.19 Å². The Morgan fingerprint density at radius 3 is 2.74 bits per heavy atom. The third-order valence-corrected chi connectivity index (χ3v) is 5.83. The van der Waals surface area contributed by atoms with Gasteiger partial charge in [0.05, 0.1) is 17.6 Å². The number of aromatic nitrogens is 2. The fraction of sp³-hybridized carbons (Fsp3) is 0.238. The lowest BCUT2D eigenvalue weighted by atomic mass is 10.1. The number of allylic oxidation sites excluding steroid dienone is 1. The predicted octanol–water partition coefficient (Wildman–Crippen LogP) is 3.84. The summed E-state index contributed by atoms with van der Waals surface area (Å²) >= 11 is 0. The van der Waals surface area contributed by atoms with Crippen molar-refractivity contribution in [2.45, 2.75) is 25.3 Å². The first-order valence-electron chi connectivity index (χ1n) is 8.66. The van der Waals surface area contributed by atoms with Crippen molar-refractivity contribution < 1.29 is 8.60 Å². The standard InChI is InChI=1S/C21H24FN3OS/c1-14-8-9-19-21(24-14)20(15(2)25(19)13-17(22)10-11-23)16-6-5-7-18(12-16)27(3,4)26/h5-10,12H,3,11,13,23H2,1-2,4H3/b17-10-. The van der Waals surface area contributed by atoms with Gasteiger partial charge >= 0.3 is 0 Å².